The van der Waals surface area contributed by atoms with Gasteiger partial charge in [0.15, 0.2) is 0 Å². The molecule has 0 N–H and O–H groups in total. The fraction of sp³-hybridized carbons (Fsp3) is 0. The summed E-state index contributed by atoms with van der Waals surface area (Å²) in [6.07, 6.45) is 5.09. The first kappa shape index (κ1) is 13.4. The summed E-state index contributed by atoms with van der Waals surface area (Å²) in [6, 6.07) is 20.5. The number of fused-ring (bicyclic) bond motifs is 1. The summed E-state index contributed by atoms with van der Waals surface area (Å²) >= 11 is 0. The van der Waals surface area contributed by atoms with Crippen LogP contribution in [-0.4, -0.2) is 15.0 Å². The van der Waals surface area contributed by atoms with Crippen molar-refractivity contribution >= 4 is 10.9 Å². The third kappa shape index (κ3) is 2.87. The molecule has 2 heterocycles. The van der Waals surface area contributed by atoms with Crippen molar-refractivity contribution in [2.24, 2.45) is 0 Å². The molecule has 4 nitrogen and oxygen atoms in total. The van der Waals surface area contributed by atoms with E-state index in [4.69, 9.17) is 4.74 Å². The number of hydrogen-bond donors (Lipinski definition) is 0. The van der Waals surface area contributed by atoms with Gasteiger partial charge in [0.25, 0.3) is 0 Å². The summed E-state index contributed by atoms with van der Waals surface area (Å²) in [5.74, 6) is 1.33. The van der Waals surface area contributed by atoms with E-state index in [0.717, 1.165) is 27.8 Å². The second-order valence-electron chi connectivity index (χ2n) is 5.02. The fourth-order valence-electron chi connectivity index (χ4n) is 2.31. The lowest BCUT2D eigenvalue weighted by Crippen LogP contribution is -1.88. The van der Waals surface area contributed by atoms with E-state index in [1.165, 1.54) is 6.33 Å². The lowest BCUT2D eigenvalue weighted by atomic mass is 10.1. The number of ether oxygens (including phenoxy) is 1. The Labute approximate surface area is 133 Å². The van der Waals surface area contributed by atoms with Gasteiger partial charge in [0, 0.05) is 35.5 Å². The van der Waals surface area contributed by atoms with E-state index in [0.29, 0.717) is 5.88 Å². The molecule has 0 aliphatic heterocycles. The molecule has 1 radical (unpaired) electrons. The molecule has 0 atom stereocenters. The van der Waals surface area contributed by atoms with Crippen molar-refractivity contribution in [2.75, 3.05) is 0 Å². The van der Waals surface area contributed by atoms with E-state index in [9.17, 15) is 0 Å². The van der Waals surface area contributed by atoms with Gasteiger partial charge in [0.1, 0.15) is 12.1 Å². The van der Waals surface area contributed by atoms with Gasteiger partial charge >= 0.3 is 0 Å². The number of aromatic nitrogens is 3. The normalized spacial score (nSPS) is 10.6. The van der Waals surface area contributed by atoms with Crippen LogP contribution in [0.25, 0.3) is 22.0 Å². The van der Waals surface area contributed by atoms with Crippen molar-refractivity contribution in [3.63, 3.8) is 0 Å². The summed E-state index contributed by atoms with van der Waals surface area (Å²) in [6.45, 7) is 0. The highest BCUT2D eigenvalue weighted by Crippen LogP contribution is 2.25. The Hall–Kier alpha value is -3.27. The molecule has 0 bridgehead atoms. The Balaban J connectivity index is 1.61. The van der Waals surface area contributed by atoms with Gasteiger partial charge < -0.3 is 4.74 Å². The van der Waals surface area contributed by atoms with Crippen LogP contribution in [0.3, 0.4) is 0 Å². The Morgan fingerprint density at radius 2 is 1.78 bits per heavy atom. The molecule has 0 aliphatic rings. The van der Waals surface area contributed by atoms with Crippen LogP contribution < -0.4 is 4.74 Å². The van der Waals surface area contributed by atoms with E-state index in [2.05, 4.69) is 21.0 Å². The third-order valence-corrected chi connectivity index (χ3v) is 3.45. The molecule has 109 valence electrons. The first-order valence-electron chi connectivity index (χ1n) is 7.19. The van der Waals surface area contributed by atoms with E-state index >= 15 is 0 Å². The van der Waals surface area contributed by atoms with Gasteiger partial charge in [-0.05, 0) is 35.9 Å². The Kier molecular flexibility index (Phi) is 3.41. The van der Waals surface area contributed by atoms with Crippen molar-refractivity contribution in [3.05, 3.63) is 79.4 Å². The van der Waals surface area contributed by atoms with Gasteiger partial charge in [-0.25, -0.2) is 15.0 Å². The highest BCUT2D eigenvalue weighted by atomic mass is 16.5. The van der Waals surface area contributed by atoms with Crippen LogP contribution in [0.2, 0.25) is 0 Å². The van der Waals surface area contributed by atoms with E-state index < -0.39 is 0 Å². The van der Waals surface area contributed by atoms with E-state index in [1.54, 1.807) is 12.4 Å². The molecule has 2 aromatic carbocycles. The summed E-state index contributed by atoms with van der Waals surface area (Å²) in [7, 11) is 0. The molecule has 2 aromatic heterocycles. The summed E-state index contributed by atoms with van der Waals surface area (Å²) in [4.78, 5) is 12.6. The van der Waals surface area contributed by atoms with Crippen LogP contribution in [0.1, 0.15) is 0 Å². The molecule has 0 unspecified atom stereocenters. The average Bonchev–Trinajstić information content (AvgIpc) is 2.63. The maximum atomic E-state index is 5.70. The van der Waals surface area contributed by atoms with Crippen molar-refractivity contribution in [2.45, 2.75) is 0 Å². The lowest BCUT2D eigenvalue weighted by Gasteiger charge is -2.06. The van der Waals surface area contributed by atoms with Crippen LogP contribution in [0.5, 0.6) is 11.6 Å². The molecule has 0 amide bonds. The van der Waals surface area contributed by atoms with Gasteiger partial charge in [0.2, 0.25) is 5.88 Å². The van der Waals surface area contributed by atoms with Crippen LogP contribution in [0.15, 0.2) is 73.3 Å². The van der Waals surface area contributed by atoms with Gasteiger partial charge in [-0.3, -0.25) is 0 Å². The fourth-order valence-corrected chi connectivity index (χ4v) is 2.31. The monoisotopic (exact) mass is 298 g/mol. The smallest absolute Gasteiger partial charge is 0.219 e. The molecular weight excluding hydrogens is 286 g/mol. The quantitative estimate of drug-likeness (QED) is 0.566. The number of nitrogens with zero attached hydrogens (tertiary/aromatic N) is 3. The Morgan fingerprint density at radius 3 is 2.61 bits per heavy atom. The number of benzene rings is 2. The standard InChI is InChI=1S/C19H12N3O/c1-2-4-17(5-3-1)23-19-9-7-15(12-21-19)14-6-8-18-16(10-14)11-20-13-22-18/h1-7,9-13H. The second kappa shape index (κ2) is 5.85. The highest BCUT2D eigenvalue weighted by Gasteiger charge is 2.03. The van der Waals surface area contributed by atoms with Crippen LogP contribution in [-0.2, 0) is 0 Å². The lowest BCUT2D eigenvalue weighted by molar-refractivity contribution is 0.463. The molecule has 0 saturated heterocycles. The maximum Gasteiger partial charge on any atom is 0.219 e. The zero-order valence-corrected chi connectivity index (χ0v) is 12.2. The molecule has 0 saturated carbocycles. The SMILES string of the molecule is [c]1cc(-c2ccc(Oc3ccccc3)nc2)cc2cncnc12. The molecule has 0 aliphatic carbocycles. The second-order valence-corrected chi connectivity index (χ2v) is 5.02. The zero-order chi connectivity index (χ0) is 15.5. The van der Waals surface area contributed by atoms with E-state index in [1.807, 2.05) is 54.6 Å². The topological polar surface area (TPSA) is 47.9 Å². The molecule has 4 rings (SSSR count). The van der Waals surface area contributed by atoms with Gasteiger partial charge in [-0.15, -0.1) is 0 Å². The average molecular weight is 298 g/mol. The van der Waals surface area contributed by atoms with Gasteiger partial charge in [0.05, 0.1) is 5.52 Å². The Bertz CT molecular complexity index is 937. The van der Waals surface area contributed by atoms with Crippen LogP contribution in [0, 0.1) is 6.07 Å². The highest BCUT2D eigenvalue weighted by molar-refractivity contribution is 5.82. The number of pyridine rings is 1. The number of para-hydroxylation sites is 1. The molecule has 4 aromatic rings. The predicted octanol–water partition coefficient (Wildman–Crippen LogP) is 4.28. The summed E-state index contributed by atoms with van der Waals surface area (Å²) < 4.78 is 5.70. The van der Waals surface area contributed by atoms with Crippen molar-refractivity contribution < 1.29 is 4.74 Å². The largest absolute Gasteiger partial charge is 0.439 e. The number of hydrogen-bond acceptors (Lipinski definition) is 4. The molecular formula is C19H12N3O. The van der Waals surface area contributed by atoms with Crippen LogP contribution >= 0.6 is 0 Å². The minimum atomic E-state index is 0.563. The first-order valence-corrected chi connectivity index (χ1v) is 7.19. The molecule has 4 heteroatoms. The number of rotatable bonds is 3. The van der Waals surface area contributed by atoms with E-state index in [-0.39, 0.29) is 0 Å². The predicted molar refractivity (Wildman–Crippen MR) is 88.1 cm³/mol. The summed E-state index contributed by atoms with van der Waals surface area (Å²) in [5.41, 5.74) is 2.82. The minimum Gasteiger partial charge on any atom is -0.439 e. The zero-order valence-electron chi connectivity index (χ0n) is 12.2. The van der Waals surface area contributed by atoms with Crippen LogP contribution in [0.4, 0.5) is 0 Å². The van der Waals surface area contributed by atoms with Crippen molar-refractivity contribution in [1.29, 1.82) is 0 Å². The van der Waals surface area contributed by atoms with Crippen molar-refractivity contribution in [3.8, 4) is 22.8 Å². The van der Waals surface area contributed by atoms with Crippen molar-refractivity contribution in [1.82, 2.24) is 15.0 Å². The molecule has 0 fully saturated rings. The molecule has 0 spiro atoms. The van der Waals surface area contributed by atoms with Gasteiger partial charge in [-0.1, -0.05) is 18.2 Å². The minimum absolute atomic E-state index is 0.563. The first-order chi connectivity index (χ1) is 11.4. The third-order valence-electron chi connectivity index (χ3n) is 3.45. The molecule has 23 heavy (non-hydrogen) atoms. The summed E-state index contributed by atoms with van der Waals surface area (Å²) in [5, 5.41) is 0.953. The maximum absolute atomic E-state index is 5.70. The van der Waals surface area contributed by atoms with Gasteiger partial charge in [-0.2, -0.15) is 0 Å². The Morgan fingerprint density at radius 1 is 0.870 bits per heavy atom.